The van der Waals surface area contributed by atoms with Crippen LogP contribution in [-0.4, -0.2) is 55.9 Å². The van der Waals surface area contributed by atoms with Crippen LogP contribution >= 0.6 is 0 Å². The highest BCUT2D eigenvalue weighted by atomic mass is 16.5. The summed E-state index contributed by atoms with van der Waals surface area (Å²) < 4.78 is 6.98. The molecule has 2 aliphatic rings. The van der Waals surface area contributed by atoms with Gasteiger partial charge in [0.05, 0.1) is 26.9 Å². The Morgan fingerprint density at radius 3 is 3.12 bits per heavy atom. The molecule has 1 saturated heterocycles. The zero-order chi connectivity index (χ0) is 17.7. The summed E-state index contributed by atoms with van der Waals surface area (Å²) in [6.45, 7) is 2.23. The van der Waals surface area contributed by atoms with Crippen LogP contribution in [0.5, 0.6) is 5.75 Å². The van der Waals surface area contributed by atoms with E-state index in [2.05, 4.69) is 43.1 Å². The topological polar surface area (TPSA) is 109 Å². The maximum Gasteiger partial charge on any atom is 0.223 e. The average Bonchev–Trinajstić information content (AvgIpc) is 3.28. The van der Waals surface area contributed by atoms with Gasteiger partial charge >= 0.3 is 0 Å². The molecular weight excluding hydrogens is 334 g/mol. The molecule has 1 unspecified atom stereocenters. The van der Waals surface area contributed by atoms with Crippen molar-refractivity contribution in [1.29, 1.82) is 0 Å². The van der Waals surface area contributed by atoms with E-state index in [1.165, 1.54) is 0 Å². The Hall–Kier alpha value is -3.11. The van der Waals surface area contributed by atoms with E-state index in [1.54, 1.807) is 11.6 Å². The third-order valence-corrected chi connectivity index (χ3v) is 4.71. The van der Waals surface area contributed by atoms with Crippen LogP contribution in [0.1, 0.15) is 5.82 Å². The molecule has 1 fully saturated rings. The van der Waals surface area contributed by atoms with Crippen molar-refractivity contribution in [1.82, 2.24) is 40.2 Å². The molecule has 0 spiro atoms. The van der Waals surface area contributed by atoms with Crippen molar-refractivity contribution in [3.8, 4) is 5.75 Å². The van der Waals surface area contributed by atoms with Gasteiger partial charge in [-0.3, -0.25) is 0 Å². The number of hydrogen-bond donors (Lipinski definition) is 3. The van der Waals surface area contributed by atoms with E-state index < -0.39 is 0 Å². The lowest BCUT2D eigenvalue weighted by molar-refractivity contribution is 0.204. The first kappa shape index (κ1) is 15.2. The molecule has 2 aliphatic heterocycles. The van der Waals surface area contributed by atoms with Gasteiger partial charge in [0.1, 0.15) is 17.4 Å². The Morgan fingerprint density at radius 1 is 1.31 bits per heavy atom. The number of hydrogen-bond acceptors (Lipinski definition) is 9. The Morgan fingerprint density at radius 2 is 2.23 bits per heavy atom. The monoisotopic (exact) mass is 353 g/mol. The molecule has 0 radical (unpaired) electrons. The van der Waals surface area contributed by atoms with E-state index in [0.717, 1.165) is 18.6 Å². The number of hydrazine groups is 1. The van der Waals surface area contributed by atoms with Crippen molar-refractivity contribution in [3.05, 3.63) is 36.4 Å². The molecular formula is C16H19N9O. The Balaban J connectivity index is 1.53. The van der Waals surface area contributed by atoms with Gasteiger partial charge in [-0.2, -0.15) is 4.52 Å². The van der Waals surface area contributed by atoms with Crippen molar-refractivity contribution >= 4 is 22.5 Å². The number of ether oxygens (including phenoxy) is 1. The highest BCUT2D eigenvalue weighted by Crippen LogP contribution is 2.27. The lowest BCUT2D eigenvalue weighted by Crippen LogP contribution is -2.45. The number of nitrogen functional groups attached to an aromatic ring is 1. The highest BCUT2D eigenvalue weighted by molar-refractivity contribution is 5.95. The minimum atomic E-state index is 0.244. The molecule has 5 rings (SSSR count). The van der Waals surface area contributed by atoms with Gasteiger partial charge in [-0.15, -0.1) is 5.10 Å². The summed E-state index contributed by atoms with van der Waals surface area (Å²) in [5, 5.41) is 5.41. The van der Waals surface area contributed by atoms with E-state index in [9.17, 15) is 0 Å². The number of nitrogens with one attached hydrogen (secondary N) is 2. The molecule has 10 heteroatoms. The van der Waals surface area contributed by atoms with Crippen LogP contribution in [0.15, 0.2) is 30.6 Å². The number of nitrogens with two attached hydrogens (primary N) is 1. The number of para-hydroxylation sites is 1. The summed E-state index contributed by atoms with van der Waals surface area (Å²) in [5.74, 6) is 1.65. The quantitative estimate of drug-likeness (QED) is 0.592. The largest absolute Gasteiger partial charge is 0.494 e. The van der Waals surface area contributed by atoms with E-state index in [1.807, 2.05) is 18.2 Å². The van der Waals surface area contributed by atoms with Crippen LogP contribution in [0, 0.1) is 0 Å². The number of aromatic nitrogens is 4. The zero-order valence-corrected chi connectivity index (χ0v) is 14.3. The fourth-order valence-electron chi connectivity index (χ4n) is 3.42. The molecule has 0 amide bonds. The first-order valence-electron chi connectivity index (χ1n) is 8.37. The Kier molecular flexibility index (Phi) is 3.33. The fraction of sp³-hybridized carbons (Fsp3) is 0.312. The minimum Gasteiger partial charge on any atom is -0.494 e. The molecule has 4 N–H and O–H groups in total. The molecule has 3 aromatic rings. The van der Waals surface area contributed by atoms with Crippen LogP contribution in [0.3, 0.4) is 0 Å². The molecule has 26 heavy (non-hydrogen) atoms. The van der Waals surface area contributed by atoms with E-state index in [-0.39, 0.29) is 12.1 Å². The second-order valence-corrected chi connectivity index (χ2v) is 6.33. The van der Waals surface area contributed by atoms with Crippen molar-refractivity contribution in [3.63, 3.8) is 0 Å². The Labute approximate surface area is 149 Å². The van der Waals surface area contributed by atoms with Crippen LogP contribution in [0.25, 0.3) is 16.6 Å². The normalized spacial score (nSPS) is 19.5. The molecule has 0 bridgehead atoms. The number of benzene rings is 1. The van der Waals surface area contributed by atoms with Gasteiger partial charge in [0.15, 0.2) is 11.5 Å². The van der Waals surface area contributed by atoms with Gasteiger partial charge < -0.3 is 20.3 Å². The zero-order valence-electron chi connectivity index (χ0n) is 14.3. The predicted octanol–water partition coefficient (Wildman–Crippen LogP) is -0.151. The van der Waals surface area contributed by atoms with Crippen LogP contribution in [-0.2, 0) is 6.54 Å². The molecule has 0 aliphatic carbocycles. The first-order chi connectivity index (χ1) is 12.7. The summed E-state index contributed by atoms with van der Waals surface area (Å²) in [5.41, 5.74) is 13.9. The number of anilines is 1. The molecule has 10 nitrogen and oxygen atoms in total. The SMILES string of the molecule is COc1cccc2c1nc(N)n1nc(CN3C=CN4CNNC4C3)nc21. The van der Waals surface area contributed by atoms with Crippen molar-refractivity contribution in [2.75, 3.05) is 26.1 Å². The highest BCUT2D eigenvalue weighted by Gasteiger charge is 2.26. The smallest absolute Gasteiger partial charge is 0.223 e. The summed E-state index contributed by atoms with van der Waals surface area (Å²) in [6, 6.07) is 5.72. The van der Waals surface area contributed by atoms with Gasteiger partial charge in [0.25, 0.3) is 0 Å². The first-order valence-corrected chi connectivity index (χ1v) is 8.37. The molecule has 134 valence electrons. The minimum absolute atomic E-state index is 0.244. The lowest BCUT2D eigenvalue weighted by Gasteiger charge is -2.32. The van der Waals surface area contributed by atoms with Gasteiger partial charge in [-0.1, -0.05) is 6.07 Å². The third-order valence-electron chi connectivity index (χ3n) is 4.71. The van der Waals surface area contributed by atoms with Gasteiger partial charge in [-0.05, 0) is 12.1 Å². The summed E-state index contributed by atoms with van der Waals surface area (Å²) in [4.78, 5) is 13.5. The van der Waals surface area contributed by atoms with Crippen LogP contribution in [0.4, 0.5) is 5.95 Å². The maximum atomic E-state index is 6.10. The number of rotatable bonds is 3. The van der Waals surface area contributed by atoms with Gasteiger partial charge in [-0.25, -0.2) is 20.8 Å². The average molecular weight is 353 g/mol. The third kappa shape index (κ3) is 2.30. The van der Waals surface area contributed by atoms with Crippen molar-refractivity contribution in [2.45, 2.75) is 12.7 Å². The van der Waals surface area contributed by atoms with E-state index >= 15 is 0 Å². The summed E-state index contributed by atoms with van der Waals surface area (Å²) in [7, 11) is 1.62. The molecule has 1 aromatic carbocycles. The Bertz CT molecular complexity index is 1010. The molecule has 1 atom stereocenters. The van der Waals surface area contributed by atoms with Crippen LogP contribution < -0.4 is 21.3 Å². The summed E-state index contributed by atoms with van der Waals surface area (Å²) >= 11 is 0. The number of methoxy groups -OCH3 is 1. The number of fused-ring (bicyclic) bond motifs is 4. The van der Waals surface area contributed by atoms with E-state index in [4.69, 9.17) is 15.5 Å². The van der Waals surface area contributed by atoms with Gasteiger partial charge in [0, 0.05) is 17.8 Å². The second-order valence-electron chi connectivity index (χ2n) is 6.33. The molecule has 4 heterocycles. The van der Waals surface area contributed by atoms with Crippen molar-refractivity contribution in [2.24, 2.45) is 0 Å². The molecule has 2 aromatic heterocycles. The molecule has 0 saturated carbocycles. The predicted molar refractivity (Wildman–Crippen MR) is 95.6 cm³/mol. The van der Waals surface area contributed by atoms with Gasteiger partial charge in [0.2, 0.25) is 5.95 Å². The standard InChI is InChI=1S/C16H19N9O/c1-26-11-4-2-3-10-14(11)20-16(17)25-15(10)19-12(22-25)7-23-5-6-24-9-18-21-13(24)8-23/h2-6,13,18,21H,7-9H2,1H3,(H2,17,20). The lowest BCUT2D eigenvalue weighted by atomic mass is 10.2. The number of nitrogens with zero attached hydrogens (tertiary/aromatic N) is 6. The fourth-order valence-corrected chi connectivity index (χ4v) is 3.42. The second kappa shape index (κ2) is 5.71. The maximum absolute atomic E-state index is 6.10. The van der Waals surface area contributed by atoms with Crippen molar-refractivity contribution < 1.29 is 4.74 Å². The van der Waals surface area contributed by atoms with Crippen LogP contribution in [0.2, 0.25) is 0 Å². The summed E-state index contributed by atoms with van der Waals surface area (Å²) in [6.07, 6.45) is 4.36. The van der Waals surface area contributed by atoms with E-state index in [0.29, 0.717) is 29.3 Å².